The SMILES string of the molecule is Cc1cc(NC(=O)C2CCN(C(=O)C(c3ccccc3)N3CCCCC3=O)CC2)no1. The Morgan fingerprint density at radius 2 is 1.87 bits per heavy atom. The van der Waals surface area contributed by atoms with Crippen molar-refractivity contribution in [2.24, 2.45) is 5.92 Å². The predicted molar refractivity (Wildman–Crippen MR) is 114 cm³/mol. The van der Waals surface area contributed by atoms with E-state index in [1.807, 2.05) is 30.3 Å². The van der Waals surface area contributed by atoms with Crippen molar-refractivity contribution in [3.63, 3.8) is 0 Å². The first-order chi connectivity index (χ1) is 15.0. The number of hydrogen-bond donors (Lipinski definition) is 1. The molecule has 3 heterocycles. The van der Waals surface area contributed by atoms with Gasteiger partial charge in [-0.15, -0.1) is 0 Å². The Kier molecular flexibility index (Phi) is 6.34. The second-order valence-corrected chi connectivity index (χ2v) is 8.27. The zero-order valence-corrected chi connectivity index (χ0v) is 17.8. The van der Waals surface area contributed by atoms with E-state index in [0.29, 0.717) is 50.5 Å². The van der Waals surface area contributed by atoms with Crippen molar-refractivity contribution in [1.82, 2.24) is 15.0 Å². The molecular weight excluding hydrogens is 396 g/mol. The number of rotatable bonds is 5. The molecule has 0 radical (unpaired) electrons. The molecule has 1 N–H and O–H groups in total. The summed E-state index contributed by atoms with van der Waals surface area (Å²) in [4.78, 5) is 42.2. The Morgan fingerprint density at radius 1 is 1.13 bits per heavy atom. The van der Waals surface area contributed by atoms with Crippen molar-refractivity contribution in [3.05, 3.63) is 47.7 Å². The van der Waals surface area contributed by atoms with Crippen LogP contribution in [0.2, 0.25) is 0 Å². The van der Waals surface area contributed by atoms with Gasteiger partial charge in [0.05, 0.1) is 0 Å². The quantitative estimate of drug-likeness (QED) is 0.796. The number of aryl methyl sites for hydroxylation is 1. The van der Waals surface area contributed by atoms with Crippen molar-refractivity contribution >= 4 is 23.5 Å². The molecule has 1 unspecified atom stereocenters. The lowest BCUT2D eigenvalue weighted by Gasteiger charge is -2.39. The third-order valence-corrected chi connectivity index (χ3v) is 6.08. The molecule has 31 heavy (non-hydrogen) atoms. The van der Waals surface area contributed by atoms with Gasteiger partial charge in [0.15, 0.2) is 5.82 Å². The van der Waals surface area contributed by atoms with Gasteiger partial charge in [0.25, 0.3) is 0 Å². The van der Waals surface area contributed by atoms with Crippen LogP contribution in [0.25, 0.3) is 0 Å². The van der Waals surface area contributed by atoms with Crippen LogP contribution >= 0.6 is 0 Å². The monoisotopic (exact) mass is 424 g/mol. The molecule has 1 atom stereocenters. The first-order valence-electron chi connectivity index (χ1n) is 10.9. The standard InChI is InChI=1S/C23H28N4O4/c1-16-15-19(25-31-16)24-22(29)18-10-13-26(14-11-18)23(30)21(17-7-3-2-4-8-17)27-12-6-5-9-20(27)28/h2-4,7-8,15,18,21H,5-6,9-14H2,1H3,(H,24,25,29). The van der Waals surface area contributed by atoms with Gasteiger partial charge in [-0.1, -0.05) is 35.5 Å². The molecule has 2 saturated heterocycles. The lowest BCUT2D eigenvalue weighted by atomic mass is 9.94. The lowest BCUT2D eigenvalue weighted by Crippen LogP contribution is -2.49. The largest absolute Gasteiger partial charge is 0.360 e. The zero-order chi connectivity index (χ0) is 21.8. The van der Waals surface area contributed by atoms with Gasteiger partial charge in [-0.25, -0.2) is 0 Å². The Hall–Kier alpha value is -3.16. The summed E-state index contributed by atoms with van der Waals surface area (Å²) < 4.78 is 4.99. The maximum absolute atomic E-state index is 13.5. The van der Waals surface area contributed by atoms with Crippen LogP contribution in [0.15, 0.2) is 40.9 Å². The van der Waals surface area contributed by atoms with E-state index in [4.69, 9.17) is 4.52 Å². The molecule has 4 rings (SSSR count). The molecular formula is C23H28N4O4. The number of carbonyl (C=O) groups is 3. The average molecular weight is 425 g/mol. The van der Waals surface area contributed by atoms with Crippen LogP contribution in [0.1, 0.15) is 49.5 Å². The van der Waals surface area contributed by atoms with Gasteiger partial charge in [0.1, 0.15) is 11.8 Å². The molecule has 0 saturated carbocycles. The Morgan fingerprint density at radius 3 is 2.52 bits per heavy atom. The molecule has 2 aliphatic heterocycles. The summed E-state index contributed by atoms with van der Waals surface area (Å²) in [5.74, 6) is 0.723. The molecule has 0 bridgehead atoms. The molecule has 164 valence electrons. The molecule has 8 nitrogen and oxygen atoms in total. The van der Waals surface area contributed by atoms with Crippen LogP contribution in [-0.2, 0) is 14.4 Å². The van der Waals surface area contributed by atoms with E-state index < -0.39 is 6.04 Å². The fourth-order valence-corrected chi connectivity index (χ4v) is 4.38. The van der Waals surface area contributed by atoms with E-state index in [1.54, 1.807) is 22.8 Å². The average Bonchev–Trinajstić information content (AvgIpc) is 3.20. The zero-order valence-electron chi connectivity index (χ0n) is 17.8. The van der Waals surface area contributed by atoms with Crippen LogP contribution in [0.5, 0.6) is 0 Å². The number of nitrogens with zero attached hydrogens (tertiary/aromatic N) is 3. The van der Waals surface area contributed by atoms with Gasteiger partial charge in [-0.05, 0) is 38.2 Å². The number of nitrogens with one attached hydrogen (secondary N) is 1. The van der Waals surface area contributed by atoms with E-state index in [2.05, 4.69) is 10.5 Å². The van der Waals surface area contributed by atoms with E-state index in [0.717, 1.165) is 18.4 Å². The molecule has 2 fully saturated rings. The van der Waals surface area contributed by atoms with Crippen LogP contribution in [0.4, 0.5) is 5.82 Å². The fourth-order valence-electron chi connectivity index (χ4n) is 4.38. The molecule has 8 heteroatoms. The van der Waals surface area contributed by atoms with Crippen molar-refractivity contribution in [2.75, 3.05) is 25.0 Å². The van der Waals surface area contributed by atoms with E-state index in [1.165, 1.54) is 0 Å². The Bertz CT molecular complexity index is 934. The number of carbonyl (C=O) groups excluding carboxylic acids is 3. The van der Waals surface area contributed by atoms with Crippen LogP contribution in [-0.4, -0.2) is 52.3 Å². The maximum atomic E-state index is 13.5. The number of likely N-dealkylation sites (tertiary alicyclic amines) is 2. The highest BCUT2D eigenvalue weighted by Gasteiger charge is 2.37. The third-order valence-electron chi connectivity index (χ3n) is 6.08. The first kappa shape index (κ1) is 21.1. The number of piperidine rings is 2. The summed E-state index contributed by atoms with van der Waals surface area (Å²) in [7, 11) is 0. The molecule has 0 aliphatic carbocycles. The van der Waals surface area contributed by atoms with Gasteiger partial charge in [0, 0.05) is 38.0 Å². The van der Waals surface area contributed by atoms with E-state index >= 15 is 0 Å². The number of hydrogen-bond acceptors (Lipinski definition) is 5. The number of amides is 3. The summed E-state index contributed by atoms with van der Waals surface area (Å²) >= 11 is 0. The first-order valence-corrected chi connectivity index (χ1v) is 10.9. The van der Waals surface area contributed by atoms with E-state index in [-0.39, 0.29) is 23.6 Å². The second-order valence-electron chi connectivity index (χ2n) is 8.27. The maximum Gasteiger partial charge on any atom is 0.250 e. The number of aromatic nitrogens is 1. The molecule has 1 aromatic carbocycles. The lowest BCUT2D eigenvalue weighted by molar-refractivity contribution is -0.149. The highest BCUT2D eigenvalue weighted by Crippen LogP contribution is 2.29. The van der Waals surface area contributed by atoms with Gasteiger partial charge < -0.3 is 19.6 Å². The molecule has 2 aromatic rings. The van der Waals surface area contributed by atoms with Crippen molar-refractivity contribution in [2.45, 2.75) is 45.1 Å². The molecule has 3 amide bonds. The normalized spacial score (nSPS) is 18.7. The molecule has 0 spiro atoms. The van der Waals surface area contributed by atoms with Crippen molar-refractivity contribution < 1.29 is 18.9 Å². The van der Waals surface area contributed by atoms with Gasteiger partial charge in [-0.3, -0.25) is 14.4 Å². The Balaban J connectivity index is 1.42. The highest BCUT2D eigenvalue weighted by atomic mass is 16.5. The minimum absolute atomic E-state index is 0.0330. The molecule has 1 aromatic heterocycles. The van der Waals surface area contributed by atoms with Gasteiger partial charge in [0.2, 0.25) is 17.7 Å². The van der Waals surface area contributed by atoms with Crippen LogP contribution in [0, 0.1) is 12.8 Å². The fraction of sp³-hybridized carbons (Fsp3) is 0.478. The van der Waals surface area contributed by atoms with Crippen LogP contribution in [0.3, 0.4) is 0 Å². The topological polar surface area (TPSA) is 95.8 Å². The minimum atomic E-state index is -0.600. The van der Waals surface area contributed by atoms with Crippen molar-refractivity contribution in [3.8, 4) is 0 Å². The smallest absolute Gasteiger partial charge is 0.250 e. The highest BCUT2D eigenvalue weighted by molar-refractivity contribution is 5.92. The van der Waals surface area contributed by atoms with Gasteiger partial charge in [-0.2, -0.15) is 0 Å². The summed E-state index contributed by atoms with van der Waals surface area (Å²) in [5.41, 5.74) is 0.837. The minimum Gasteiger partial charge on any atom is -0.360 e. The van der Waals surface area contributed by atoms with Crippen LogP contribution < -0.4 is 5.32 Å². The number of benzene rings is 1. The number of anilines is 1. The summed E-state index contributed by atoms with van der Waals surface area (Å²) in [6.45, 7) is 3.34. The van der Waals surface area contributed by atoms with Gasteiger partial charge >= 0.3 is 0 Å². The summed E-state index contributed by atoms with van der Waals surface area (Å²) in [6.07, 6.45) is 3.41. The summed E-state index contributed by atoms with van der Waals surface area (Å²) in [6, 6.07) is 10.6. The Labute approximate surface area is 181 Å². The second kappa shape index (κ2) is 9.32. The van der Waals surface area contributed by atoms with Crippen molar-refractivity contribution in [1.29, 1.82) is 0 Å². The predicted octanol–water partition coefficient (Wildman–Crippen LogP) is 2.91. The molecule has 2 aliphatic rings. The van der Waals surface area contributed by atoms with E-state index in [9.17, 15) is 14.4 Å². The summed E-state index contributed by atoms with van der Waals surface area (Å²) in [5, 5.41) is 6.58. The third kappa shape index (κ3) is 4.78.